The number of hydrogen-bond donors (Lipinski definition) is 1. The second kappa shape index (κ2) is 8.41. The standard InChI is InChI=1S/C20H25N3O4S2/c1-2-3-12-27-15-6-4-14(5-7-15)19(24)22-20-21-17-10-11-23(13-18(17)28-20)29(25,26)16-8-9-16/h4-7,16H,2-3,8-13H2,1H3,(H,21,22,24). The van der Waals surface area contributed by atoms with Crippen molar-refractivity contribution in [1.82, 2.24) is 9.29 Å². The first-order valence-electron chi connectivity index (χ1n) is 9.99. The van der Waals surface area contributed by atoms with E-state index in [1.54, 1.807) is 28.6 Å². The fraction of sp³-hybridized carbons (Fsp3) is 0.500. The SMILES string of the molecule is CCCCOc1ccc(C(=O)Nc2nc3c(s2)CN(S(=O)(=O)C2CC2)CC3)cc1. The molecule has 2 aromatic rings. The van der Waals surface area contributed by atoms with Crippen LogP contribution in [0.5, 0.6) is 5.75 Å². The minimum absolute atomic E-state index is 0.204. The van der Waals surface area contributed by atoms with Crippen molar-refractivity contribution in [2.45, 2.75) is 50.8 Å². The Morgan fingerprint density at radius 2 is 2.07 bits per heavy atom. The van der Waals surface area contributed by atoms with E-state index in [-0.39, 0.29) is 11.2 Å². The first kappa shape index (κ1) is 20.3. The lowest BCUT2D eigenvalue weighted by atomic mass is 10.2. The van der Waals surface area contributed by atoms with Crippen molar-refractivity contribution in [3.05, 3.63) is 40.4 Å². The zero-order chi connectivity index (χ0) is 20.4. The third-order valence-electron chi connectivity index (χ3n) is 5.11. The Morgan fingerprint density at radius 1 is 1.31 bits per heavy atom. The van der Waals surface area contributed by atoms with Crippen molar-refractivity contribution in [1.29, 1.82) is 0 Å². The lowest BCUT2D eigenvalue weighted by Crippen LogP contribution is -2.37. The topological polar surface area (TPSA) is 88.6 Å². The number of hydrogen-bond acceptors (Lipinski definition) is 6. The van der Waals surface area contributed by atoms with Crippen LogP contribution < -0.4 is 10.1 Å². The van der Waals surface area contributed by atoms with Crippen molar-refractivity contribution < 1.29 is 17.9 Å². The van der Waals surface area contributed by atoms with Crippen LogP contribution in [-0.4, -0.2) is 42.0 Å². The van der Waals surface area contributed by atoms with Crippen LogP contribution in [-0.2, 0) is 23.0 Å². The monoisotopic (exact) mass is 435 g/mol. The molecule has 2 aliphatic rings. The number of nitrogens with one attached hydrogen (secondary N) is 1. The van der Waals surface area contributed by atoms with Gasteiger partial charge in [-0.3, -0.25) is 10.1 Å². The van der Waals surface area contributed by atoms with Crippen LogP contribution in [0, 0.1) is 0 Å². The number of sulfonamides is 1. The second-order valence-corrected chi connectivity index (χ2v) is 10.7. The first-order chi connectivity index (χ1) is 14.0. The molecule has 7 nitrogen and oxygen atoms in total. The predicted octanol–water partition coefficient (Wildman–Crippen LogP) is 3.42. The highest BCUT2D eigenvalue weighted by Crippen LogP contribution is 2.35. The Hall–Kier alpha value is -1.97. The van der Waals surface area contributed by atoms with Crippen molar-refractivity contribution in [3.8, 4) is 5.75 Å². The van der Waals surface area contributed by atoms with Gasteiger partial charge in [0.25, 0.3) is 5.91 Å². The molecule has 1 aliphatic heterocycles. The molecule has 156 valence electrons. The molecule has 0 atom stereocenters. The number of unbranched alkanes of at least 4 members (excludes halogenated alkanes) is 1. The van der Waals surface area contributed by atoms with Crippen molar-refractivity contribution in [2.24, 2.45) is 0 Å². The van der Waals surface area contributed by atoms with E-state index >= 15 is 0 Å². The highest BCUT2D eigenvalue weighted by atomic mass is 32.2. The van der Waals surface area contributed by atoms with Gasteiger partial charge in [0.05, 0.1) is 17.6 Å². The minimum Gasteiger partial charge on any atom is -0.494 e. The predicted molar refractivity (Wildman–Crippen MR) is 113 cm³/mol. The molecule has 29 heavy (non-hydrogen) atoms. The number of ether oxygens (including phenoxy) is 1. The van der Waals surface area contributed by atoms with Crippen molar-refractivity contribution in [2.75, 3.05) is 18.5 Å². The number of fused-ring (bicyclic) bond motifs is 1. The van der Waals surface area contributed by atoms with Gasteiger partial charge < -0.3 is 4.74 Å². The Balaban J connectivity index is 1.38. The molecular formula is C20H25N3O4S2. The van der Waals surface area contributed by atoms with Gasteiger partial charge in [0.15, 0.2) is 5.13 Å². The average molecular weight is 436 g/mol. The fourth-order valence-corrected chi connectivity index (χ4v) is 6.13. The second-order valence-electron chi connectivity index (χ2n) is 7.40. The number of anilines is 1. The quantitative estimate of drug-likeness (QED) is 0.642. The van der Waals surface area contributed by atoms with Gasteiger partial charge in [-0.25, -0.2) is 13.4 Å². The van der Waals surface area contributed by atoms with E-state index in [1.807, 2.05) is 0 Å². The Bertz CT molecular complexity index is 982. The molecule has 1 aromatic carbocycles. The van der Waals surface area contributed by atoms with Crippen LogP contribution in [0.2, 0.25) is 0 Å². The summed E-state index contributed by atoms with van der Waals surface area (Å²) in [6.07, 6.45) is 4.17. The van der Waals surface area contributed by atoms with Crippen LogP contribution in [0.15, 0.2) is 24.3 Å². The van der Waals surface area contributed by atoms with Gasteiger partial charge in [-0.05, 0) is 43.5 Å². The molecule has 0 spiro atoms. The van der Waals surface area contributed by atoms with Gasteiger partial charge in [0.1, 0.15) is 5.75 Å². The van der Waals surface area contributed by atoms with E-state index in [1.165, 1.54) is 11.3 Å². The molecule has 1 fully saturated rings. The molecule has 0 unspecified atom stereocenters. The Labute approximate surface area is 175 Å². The number of aromatic nitrogens is 1. The van der Waals surface area contributed by atoms with Gasteiger partial charge in [-0.15, -0.1) is 11.3 Å². The summed E-state index contributed by atoms with van der Waals surface area (Å²) in [5.41, 5.74) is 1.41. The lowest BCUT2D eigenvalue weighted by molar-refractivity contribution is 0.102. The molecule has 0 saturated heterocycles. The van der Waals surface area contributed by atoms with E-state index in [0.717, 1.165) is 42.0 Å². The molecule has 1 saturated carbocycles. The number of benzene rings is 1. The lowest BCUT2D eigenvalue weighted by Gasteiger charge is -2.25. The summed E-state index contributed by atoms with van der Waals surface area (Å²) in [7, 11) is -3.19. The summed E-state index contributed by atoms with van der Waals surface area (Å²) in [4.78, 5) is 17.9. The molecular weight excluding hydrogens is 410 g/mol. The molecule has 1 aliphatic carbocycles. The molecule has 2 heterocycles. The molecule has 1 amide bonds. The van der Waals surface area contributed by atoms with Crippen molar-refractivity contribution in [3.63, 3.8) is 0 Å². The van der Waals surface area contributed by atoms with Crippen molar-refractivity contribution >= 4 is 32.4 Å². The number of amides is 1. The van der Waals surface area contributed by atoms with Crippen LogP contribution in [0.4, 0.5) is 5.13 Å². The third kappa shape index (κ3) is 4.62. The van der Waals surface area contributed by atoms with Gasteiger partial charge in [-0.2, -0.15) is 4.31 Å². The Morgan fingerprint density at radius 3 is 2.76 bits per heavy atom. The maximum atomic E-state index is 12.5. The van der Waals surface area contributed by atoms with E-state index in [4.69, 9.17) is 4.74 Å². The number of nitrogens with zero attached hydrogens (tertiary/aromatic N) is 2. The van der Waals surface area contributed by atoms with E-state index in [2.05, 4.69) is 17.2 Å². The minimum atomic E-state index is -3.19. The normalized spacial score (nSPS) is 17.0. The molecule has 4 rings (SSSR count). The summed E-state index contributed by atoms with van der Waals surface area (Å²) in [6, 6.07) is 7.04. The summed E-state index contributed by atoms with van der Waals surface area (Å²) in [6.45, 7) is 3.59. The smallest absolute Gasteiger partial charge is 0.257 e. The fourth-order valence-electron chi connectivity index (χ4n) is 3.23. The molecule has 9 heteroatoms. The summed E-state index contributed by atoms with van der Waals surface area (Å²) in [5.74, 6) is 0.510. The first-order valence-corrected chi connectivity index (χ1v) is 12.3. The molecule has 0 radical (unpaired) electrons. The Kier molecular flexibility index (Phi) is 5.89. The van der Waals surface area contributed by atoms with E-state index in [9.17, 15) is 13.2 Å². The number of thiazole rings is 1. The highest BCUT2D eigenvalue weighted by Gasteiger charge is 2.41. The number of carbonyl (C=O) groups is 1. The highest BCUT2D eigenvalue weighted by molar-refractivity contribution is 7.90. The van der Waals surface area contributed by atoms with Crippen LogP contribution in [0.3, 0.4) is 0 Å². The van der Waals surface area contributed by atoms with Gasteiger partial charge in [-0.1, -0.05) is 13.3 Å². The molecule has 1 aromatic heterocycles. The maximum Gasteiger partial charge on any atom is 0.257 e. The van der Waals surface area contributed by atoms with Gasteiger partial charge >= 0.3 is 0 Å². The molecule has 0 bridgehead atoms. The van der Waals surface area contributed by atoms with Gasteiger partial charge in [0.2, 0.25) is 10.0 Å². The maximum absolute atomic E-state index is 12.5. The largest absolute Gasteiger partial charge is 0.494 e. The van der Waals surface area contributed by atoms with Crippen LogP contribution >= 0.6 is 11.3 Å². The molecule has 1 N–H and O–H groups in total. The summed E-state index contributed by atoms with van der Waals surface area (Å²) >= 11 is 1.35. The summed E-state index contributed by atoms with van der Waals surface area (Å²) in [5, 5.41) is 3.14. The van der Waals surface area contributed by atoms with Crippen LogP contribution in [0.1, 0.15) is 53.5 Å². The number of carbonyl (C=O) groups excluding carboxylic acids is 1. The van der Waals surface area contributed by atoms with Gasteiger partial charge in [0, 0.05) is 30.0 Å². The van der Waals surface area contributed by atoms with E-state index in [0.29, 0.717) is 36.8 Å². The summed E-state index contributed by atoms with van der Waals surface area (Å²) < 4.78 is 32.1. The van der Waals surface area contributed by atoms with E-state index < -0.39 is 10.0 Å². The average Bonchev–Trinajstić information content (AvgIpc) is 3.49. The zero-order valence-corrected chi connectivity index (χ0v) is 18.0. The third-order valence-corrected chi connectivity index (χ3v) is 8.45. The zero-order valence-electron chi connectivity index (χ0n) is 16.4. The number of rotatable bonds is 8. The van der Waals surface area contributed by atoms with Crippen LogP contribution in [0.25, 0.3) is 0 Å².